The highest BCUT2D eigenvalue weighted by Gasteiger charge is 2.63. The van der Waals surface area contributed by atoms with Crippen molar-refractivity contribution in [3.8, 4) is 5.75 Å². The molecule has 0 unspecified atom stereocenters. The Morgan fingerprint density at radius 1 is 0.931 bits per heavy atom. The average Bonchev–Trinajstić information content (AvgIpc) is 3.35. The maximum Gasteiger partial charge on any atom is 0.253 e. The zero-order chi connectivity index (χ0) is 20.3. The van der Waals surface area contributed by atoms with E-state index in [1.165, 1.54) is 4.90 Å². The topological polar surface area (TPSA) is 53.1 Å². The number of benzene rings is 2. The van der Waals surface area contributed by atoms with Crippen molar-refractivity contribution in [3.63, 3.8) is 0 Å². The van der Waals surface area contributed by atoms with E-state index in [1.807, 2.05) is 24.3 Å². The summed E-state index contributed by atoms with van der Waals surface area (Å²) in [5, 5.41) is 4.98. The van der Waals surface area contributed by atoms with Crippen LogP contribution in [0.4, 0.5) is 5.69 Å². The largest absolute Gasteiger partial charge is 0.497 e. The normalized spacial score (nSPS) is 26.9. The van der Waals surface area contributed by atoms with Gasteiger partial charge in [0.05, 0.1) is 29.8 Å². The highest BCUT2D eigenvalue weighted by molar-refractivity contribution is 6.38. The summed E-state index contributed by atoms with van der Waals surface area (Å²) < 4.78 is 5.26. The van der Waals surface area contributed by atoms with E-state index >= 15 is 0 Å². The van der Waals surface area contributed by atoms with E-state index in [0.29, 0.717) is 15.7 Å². The summed E-state index contributed by atoms with van der Waals surface area (Å²) >= 11 is 12.3. The quantitative estimate of drug-likeness (QED) is 0.695. The third-order valence-corrected chi connectivity index (χ3v) is 6.55. The summed E-state index contributed by atoms with van der Waals surface area (Å²) in [4.78, 5) is 28.1. The van der Waals surface area contributed by atoms with Gasteiger partial charge in [-0.15, -0.1) is 0 Å². The summed E-state index contributed by atoms with van der Waals surface area (Å²) in [5.74, 6) is -0.181. The van der Waals surface area contributed by atoms with Gasteiger partial charge in [0.1, 0.15) is 11.8 Å². The summed E-state index contributed by atoms with van der Waals surface area (Å²) in [6, 6.07) is 11.8. The third kappa shape index (κ3) is 2.78. The van der Waals surface area contributed by atoms with Crippen molar-refractivity contribution in [2.45, 2.75) is 18.5 Å². The fraction of sp³-hybridized carbons (Fsp3) is 0.333. The van der Waals surface area contributed by atoms with E-state index in [2.05, 4.69) is 10.0 Å². The number of hydrazine groups is 1. The molecule has 3 heterocycles. The number of halogens is 2. The van der Waals surface area contributed by atoms with Gasteiger partial charge in [0.15, 0.2) is 0 Å². The molecule has 2 amide bonds. The molecule has 3 saturated heterocycles. The molecular formula is C21H19Cl2N3O3. The average molecular weight is 432 g/mol. The van der Waals surface area contributed by atoms with Crippen molar-refractivity contribution in [2.75, 3.05) is 25.1 Å². The summed E-state index contributed by atoms with van der Waals surface area (Å²) in [5.41, 5.74) is 1.38. The maximum atomic E-state index is 13.5. The van der Waals surface area contributed by atoms with Crippen LogP contribution in [0.15, 0.2) is 42.5 Å². The molecule has 0 N–H and O–H groups in total. The van der Waals surface area contributed by atoms with Gasteiger partial charge in [-0.2, -0.15) is 0 Å². The molecule has 0 radical (unpaired) electrons. The van der Waals surface area contributed by atoms with E-state index in [-0.39, 0.29) is 17.9 Å². The lowest BCUT2D eigenvalue weighted by Crippen LogP contribution is -2.44. The number of methoxy groups -OCH3 is 1. The van der Waals surface area contributed by atoms with Gasteiger partial charge in [0.25, 0.3) is 5.91 Å². The van der Waals surface area contributed by atoms with E-state index in [4.69, 9.17) is 27.9 Å². The molecule has 0 saturated carbocycles. The first-order chi connectivity index (χ1) is 14.0. The molecular weight excluding hydrogens is 413 g/mol. The van der Waals surface area contributed by atoms with E-state index < -0.39 is 12.0 Å². The van der Waals surface area contributed by atoms with Gasteiger partial charge >= 0.3 is 0 Å². The van der Waals surface area contributed by atoms with Crippen LogP contribution < -0.4 is 9.64 Å². The molecule has 0 aromatic heterocycles. The van der Waals surface area contributed by atoms with Gasteiger partial charge in [-0.3, -0.25) is 9.59 Å². The van der Waals surface area contributed by atoms with Crippen molar-refractivity contribution < 1.29 is 14.3 Å². The number of fused-ring (bicyclic) bond motifs is 3. The SMILES string of the molecule is COc1ccc([C@H]2[C@H]3C(=O)N(c4ccc(Cl)cc4Cl)C(=O)[C@H]3N3CCCN23)cc1. The predicted octanol–water partition coefficient (Wildman–Crippen LogP) is 3.54. The highest BCUT2D eigenvalue weighted by Crippen LogP contribution is 2.49. The Balaban J connectivity index is 1.57. The number of carbonyl (C=O) groups excluding carboxylic acids is 2. The minimum Gasteiger partial charge on any atom is -0.497 e. The Hall–Kier alpha value is -2.12. The van der Waals surface area contributed by atoms with Crippen LogP contribution >= 0.6 is 23.2 Å². The molecule has 0 aliphatic carbocycles. The lowest BCUT2D eigenvalue weighted by atomic mass is 9.90. The monoisotopic (exact) mass is 431 g/mol. The van der Waals surface area contributed by atoms with E-state index in [1.54, 1.807) is 25.3 Å². The molecule has 8 heteroatoms. The van der Waals surface area contributed by atoms with Gasteiger partial charge in [0.2, 0.25) is 5.91 Å². The van der Waals surface area contributed by atoms with Crippen LogP contribution in [0.5, 0.6) is 5.75 Å². The summed E-state index contributed by atoms with van der Waals surface area (Å²) in [6.45, 7) is 1.58. The summed E-state index contributed by atoms with van der Waals surface area (Å²) in [7, 11) is 1.62. The molecule has 150 valence electrons. The second kappa shape index (κ2) is 6.99. The number of hydrogen-bond donors (Lipinski definition) is 0. The molecule has 3 aliphatic heterocycles. The second-order valence-corrected chi connectivity index (χ2v) is 8.32. The van der Waals surface area contributed by atoms with Crippen molar-refractivity contribution in [1.29, 1.82) is 0 Å². The summed E-state index contributed by atoms with van der Waals surface area (Å²) in [6.07, 6.45) is 0.957. The van der Waals surface area contributed by atoms with Gasteiger partial charge in [-0.25, -0.2) is 14.9 Å². The molecule has 5 rings (SSSR count). The molecule has 29 heavy (non-hydrogen) atoms. The minimum absolute atomic E-state index is 0.194. The molecule has 0 bridgehead atoms. The van der Waals surface area contributed by atoms with Crippen LogP contribution in [0, 0.1) is 5.92 Å². The van der Waals surface area contributed by atoms with E-state index in [0.717, 1.165) is 30.8 Å². The molecule has 3 atom stereocenters. The zero-order valence-corrected chi connectivity index (χ0v) is 17.2. The Morgan fingerprint density at radius 2 is 1.62 bits per heavy atom. The van der Waals surface area contributed by atoms with Gasteiger partial charge < -0.3 is 4.74 Å². The van der Waals surface area contributed by atoms with Crippen LogP contribution in [-0.4, -0.2) is 48.1 Å². The smallest absolute Gasteiger partial charge is 0.253 e. The van der Waals surface area contributed by atoms with Crippen molar-refractivity contribution in [2.24, 2.45) is 5.92 Å². The fourth-order valence-corrected chi connectivity index (χ4v) is 5.31. The number of nitrogens with zero attached hydrogens (tertiary/aromatic N) is 3. The molecule has 2 aromatic carbocycles. The van der Waals surface area contributed by atoms with Crippen molar-refractivity contribution in [1.82, 2.24) is 10.0 Å². The Labute approximate surface area is 178 Å². The molecule has 3 fully saturated rings. The van der Waals surface area contributed by atoms with Crippen LogP contribution in [0.3, 0.4) is 0 Å². The standard InChI is InChI=1S/C21H19Cl2N3O3/c1-29-14-6-3-12(4-7-14)18-17-19(25-10-2-9-24(18)25)21(28)26(20(17)27)16-8-5-13(22)11-15(16)23/h3-8,11,17-19H,2,9-10H2,1H3/t17-,18+,19+/m1/s1. The van der Waals surface area contributed by atoms with Gasteiger partial charge in [-0.05, 0) is 42.3 Å². The number of anilines is 1. The Bertz CT molecular complexity index is 997. The minimum atomic E-state index is -0.510. The van der Waals surface area contributed by atoms with Crippen LogP contribution in [-0.2, 0) is 9.59 Å². The van der Waals surface area contributed by atoms with Gasteiger partial charge in [-0.1, -0.05) is 35.3 Å². The number of rotatable bonds is 3. The lowest BCUT2D eigenvalue weighted by molar-refractivity contribution is -0.126. The first kappa shape index (κ1) is 18.9. The van der Waals surface area contributed by atoms with E-state index in [9.17, 15) is 9.59 Å². The fourth-order valence-electron chi connectivity index (χ4n) is 4.81. The lowest BCUT2D eigenvalue weighted by Gasteiger charge is -2.30. The second-order valence-electron chi connectivity index (χ2n) is 7.48. The molecule has 6 nitrogen and oxygen atoms in total. The van der Waals surface area contributed by atoms with Gasteiger partial charge in [0, 0.05) is 18.1 Å². The number of hydrogen-bond acceptors (Lipinski definition) is 5. The Kier molecular flexibility index (Phi) is 4.55. The molecule has 0 spiro atoms. The number of ether oxygens (including phenoxy) is 1. The first-order valence-corrected chi connectivity index (χ1v) is 10.3. The number of imide groups is 1. The molecule has 3 aliphatic rings. The molecule has 2 aromatic rings. The van der Waals surface area contributed by atoms with Crippen molar-refractivity contribution >= 4 is 40.7 Å². The Morgan fingerprint density at radius 3 is 2.28 bits per heavy atom. The third-order valence-electron chi connectivity index (χ3n) is 6.01. The predicted molar refractivity (Wildman–Crippen MR) is 110 cm³/mol. The zero-order valence-electron chi connectivity index (χ0n) is 15.7. The van der Waals surface area contributed by atoms with Crippen LogP contribution in [0.2, 0.25) is 10.0 Å². The van der Waals surface area contributed by atoms with Crippen molar-refractivity contribution in [3.05, 3.63) is 58.1 Å². The maximum absolute atomic E-state index is 13.5. The number of amides is 2. The first-order valence-electron chi connectivity index (χ1n) is 9.51. The highest BCUT2D eigenvalue weighted by atomic mass is 35.5. The van der Waals surface area contributed by atoms with Crippen LogP contribution in [0.25, 0.3) is 0 Å². The number of carbonyl (C=O) groups is 2. The van der Waals surface area contributed by atoms with Crippen LogP contribution in [0.1, 0.15) is 18.0 Å².